The maximum absolute atomic E-state index is 11.9. The van der Waals surface area contributed by atoms with E-state index in [1.54, 1.807) is 31.4 Å². The second-order valence-corrected chi connectivity index (χ2v) is 7.08. The van der Waals surface area contributed by atoms with Gasteiger partial charge in [-0.15, -0.1) is 23.1 Å². The summed E-state index contributed by atoms with van der Waals surface area (Å²) in [5.74, 6) is 2.84. The van der Waals surface area contributed by atoms with Gasteiger partial charge in [0, 0.05) is 22.8 Å². The molecule has 0 radical (unpaired) electrons. The highest BCUT2D eigenvalue weighted by atomic mass is 32.2. The monoisotopic (exact) mass is 375 g/mol. The molecular formula is C17H17N3O3S2. The number of hydrogen-bond acceptors (Lipinski definition) is 7. The second kappa shape index (κ2) is 8.17. The number of anilines is 1. The van der Waals surface area contributed by atoms with Crippen LogP contribution in [0.15, 0.2) is 40.2 Å². The minimum atomic E-state index is -0.107. The van der Waals surface area contributed by atoms with Crippen molar-refractivity contribution in [2.45, 2.75) is 12.7 Å². The van der Waals surface area contributed by atoms with Crippen LogP contribution in [0.25, 0.3) is 10.6 Å². The number of benzene rings is 1. The van der Waals surface area contributed by atoms with Crippen molar-refractivity contribution in [3.8, 4) is 16.3 Å². The van der Waals surface area contributed by atoms with Gasteiger partial charge in [-0.25, -0.2) is 4.98 Å². The van der Waals surface area contributed by atoms with Gasteiger partial charge in [-0.05, 0) is 31.2 Å². The summed E-state index contributed by atoms with van der Waals surface area (Å²) in [5, 5.41) is 9.41. The standard InChI is InChI=1S/C17H17N3O3S2/c1-11-7-15(20-23-11)19-16(21)10-24-8-13-9-25-17(18-13)12-3-5-14(22-2)6-4-12/h3-7,9H,8,10H2,1-2H3,(H,19,20,21). The summed E-state index contributed by atoms with van der Waals surface area (Å²) in [5.41, 5.74) is 2.02. The molecular weight excluding hydrogens is 358 g/mol. The highest BCUT2D eigenvalue weighted by Crippen LogP contribution is 2.27. The van der Waals surface area contributed by atoms with Crippen LogP contribution in [0.4, 0.5) is 5.82 Å². The molecule has 1 N–H and O–H groups in total. The van der Waals surface area contributed by atoms with Gasteiger partial charge >= 0.3 is 0 Å². The van der Waals surface area contributed by atoms with Crippen molar-refractivity contribution in [2.75, 3.05) is 18.2 Å². The van der Waals surface area contributed by atoms with Crippen LogP contribution in [-0.4, -0.2) is 28.9 Å². The Kier molecular flexibility index (Phi) is 5.72. The summed E-state index contributed by atoms with van der Waals surface area (Å²) >= 11 is 3.10. The minimum Gasteiger partial charge on any atom is -0.497 e. The van der Waals surface area contributed by atoms with Gasteiger partial charge in [-0.2, -0.15) is 0 Å². The largest absolute Gasteiger partial charge is 0.497 e. The van der Waals surface area contributed by atoms with Crippen molar-refractivity contribution in [3.63, 3.8) is 0 Å². The molecule has 3 aromatic rings. The van der Waals surface area contributed by atoms with E-state index >= 15 is 0 Å². The molecule has 0 aliphatic rings. The molecule has 0 bridgehead atoms. The van der Waals surface area contributed by atoms with Crippen LogP contribution < -0.4 is 10.1 Å². The van der Waals surface area contributed by atoms with Gasteiger partial charge in [0.1, 0.15) is 16.5 Å². The van der Waals surface area contributed by atoms with E-state index in [4.69, 9.17) is 9.26 Å². The summed E-state index contributed by atoms with van der Waals surface area (Å²) in [6.07, 6.45) is 0. The molecule has 0 aliphatic carbocycles. The third-order valence-corrected chi connectivity index (χ3v) is 5.17. The zero-order valence-corrected chi connectivity index (χ0v) is 15.4. The molecule has 0 aliphatic heterocycles. The third-order valence-electron chi connectivity index (χ3n) is 3.27. The van der Waals surface area contributed by atoms with Crippen molar-refractivity contribution in [1.82, 2.24) is 10.1 Å². The Morgan fingerprint density at radius 1 is 1.36 bits per heavy atom. The van der Waals surface area contributed by atoms with Gasteiger partial charge in [-0.1, -0.05) is 5.16 Å². The molecule has 3 rings (SSSR count). The summed E-state index contributed by atoms with van der Waals surface area (Å²) < 4.78 is 10.1. The Balaban J connectivity index is 1.48. The summed E-state index contributed by atoms with van der Waals surface area (Å²) in [4.78, 5) is 16.5. The highest BCUT2D eigenvalue weighted by molar-refractivity contribution is 7.99. The summed E-state index contributed by atoms with van der Waals surface area (Å²) in [6, 6.07) is 9.50. The van der Waals surface area contributed by atoms with Crippen molar-refractivity contribution in [2.24, 2.45) is 0 Å². The molecule has 1 aromatic carbocycles. The molecule has 130 valence electrons. The molecule has 0 spiro atoms. The number of ether oxygens (including phenoxy) is 1. The van der Waals surface area contributed by atoms with Crippen LogP contribution in [0.1, 0.15) is 11.5 Å². The number of methoxy groups -OCH3 is 1. The number of carbonyl (C=O) groups excluding carboxylic acids is 1. The number of aromatic nitrogens is 2. The molecule has 2 aromatic heterocycles. The maximum atomic E-state index is 11.9. The number of hydrogen-bond donors (Lipinski definition) is 1. The minimum absolute atomic E-state index is 0.107. The molecule has 0 saturated carbocycles. The van der Waals surface area contributed by atoms with Crippen molar-refractivity contribution < 1.29 is 14.1 Å². The lowest BCUT2D eigenvalue weighted by molar-refractivity contribution is -0.113. The number of aryl methyl sites for hydroxylation is 1. The van der Waals surface area contributed by atoms with E-state index in [2.05, 4.69) is 15.5 Å². The fourth-order valence-electron chi connectivity index (χ4n) is 2.09. The fraction of sp³-hybridized carbons (Fsp3) is 0.235. The topological polar surface area (TPSA) is 77.2 Å². The fourth-order valence-corrected chi connectivity index (χ4v) is 3.74. The summed E-state index contributed by atoms with van der Waals surface area (Å²) in [6.45, 7) is 1.78. The zero-order valence-electron chi connectivity index (χ0n) is 13.8. The average Bonchev–Trinajstić information content (AvgIpc) is 3.24. The zero-order chi connectivity index (χ0) is 17.6. The van der Waals surface area contributed by atoms with Crippen LogP contribution in [0.5, 0.6) is 5.75 Å². The SMILES string of the molecule is COc1ccc(-c2nc(CSCC(=O)Nc3cc(C)on3)cs2)cc1. The van der Waals surface area contributed by atoms with Crippen LogP contribution in [0.3, 0.4) is 0 Å². The quantitative estimate of drug-likeness (QED) is 0.673. The van der Waals surface area contributed by atoms with Gasteiger partial charge in [0.05, 0.1) is 18.6 Å². The third kappa shape index (κ3) is 4.83. The molecule has 2 heterocycles. The first kappa shape index (κ1) is 17.5. The molecule has 8 heteroatoms. The average molecular weight is 375 g/mol. The van der Waals surface area contributed by atoms with Gasteiger partial charge in [0.15, 0.2) is 5.82 Å². The smallest absolute Gasteiger partial charge is 0.235 e. The lowest BCUT2D eigenvalue weighted by Gasteiger charge is -2.01. The Bertz CT molecular complexity index is 843. The maximum Gasteiger partial charge on any atom is 0.235 e. The predicted molar refractivity (Wildman–Crippen MR) is 100 cm³/mol. The van der Waals surface area contributed by atoms with E-state index in [0.717, 1.165) is 22.0 Å². The normalized spacial score (nSPS) is 10.6. The Hall–Kier alpha value is -2.32. The first-order valence-corrected chi connectivity index (χ1v) is 9.57. The molecule has 1 amide bonds. The Labute approximate surface area is 153 Å². The van der Waals surface area contributed by atoms with Gasteiger partial charge in [-0.3, -0.25) is 4.79 Å². The number of thioether (sulfide) groups is 1. The Morgan fingerprint density at radius 3 is 2.84 bits per heavy atom. The molecule has 0 atom stereocenters. The predicted octanol–water partition coefficient (Wildman–Crippen LogP) is 3.99. The first-order chi connectivity index (χ1) is 12.1. The van der Waals surface area contributed by atoms with Crippen LogP contribution in [-0.2, 0) is 10.5 Å². The number of rotatable bonds is 7. The lowest BCUT2D eigenvalue weighted by atomic mass is 10.2. The lowest BCUT2D eigenvalue weighted by Crippen LogP contribution is -2.14. The molecule has 0 unspecified atom stereocenters. The molecule has 6 nitrogen and oxygen atoms in total. The highest BCUT2D eigenvalue weighted by Gasteiger charge is 2.09. The van der Waals surface area contributed by atoms with Gasteiger partial charge < -0.3 is 14.6 Å². The number of nitrogens with zero attached hydrogens (tertiary/aromatic N) is 2. The van der Waals surface area contributed by atoms with Crippen molar-refractivity contribution in [3.05, 3.63) is 47.2 Å². The second-order valence-electron chi connectivity index (χ2n) is 5.24. The first-order valence-electron chi connectivity index (χ1n) is 7.54. The van der Waals surface area contributed by atoms with Crippen LogP contribution >= 0.6 is 23.1 Å². The van der Waals surface area contributed by atoms with E-state index in [1.807, 2.05) is 29.6 Å². The molecule has 0 fully saturated rings. The van der Waals surface area contributed by atoms with E-state index in [1.165, 1.54) is 11.8 Å². The van der Waals surface area contributed by atoms with Gasteiger partial charge in [0.2, 0.25) is 5.91 Å². The van der Waals surface area contributed by atoms with Crippen molar-refractivity contribution in [1.29, 1.82) is 0 Å². The van der Waals surface area contributed by atoms with Gasteiger partial charge in [0.25, 0.3) is 0 Å². The van der Waals surface area contributed by atoms with E-state index in [0.29, 0.717) is 23.1 Å². The van der Waals surface area contributed by atoms with E-state index in [-0.39, 0.29) is 5.91 Å². The van der Waals surface area contributed by atoms with Crippen LogP contribution in [0, 0.1) is 6.92 Å². The van der Waals surface area contributed by atoms with Crippen molar-refractivity contribution >= 4 is 34.8 Å². The van der Waals surface area contributed by atoms with E-state index in [9.17, 15) is 4.79 Å². The number of thiazole rings is 1. The number of carbonyl (C=O) groups is 1. The van der Waals surface area contributed by atoms with E-state index < -0.39 is 0 Å². The van der Waals surface area contributed by atoms with Crippen LogP contribution in [0.2, 0.25) is 0 Å². The Morgan fingerprint density at radius 2 is 2.16 bits per heavy atom. The molecule has 0 saturated heterocycles. The number of amides is 1. The summed E-state index contributed by atoms with van der Waals surface area (Å²) in [7, 11) is 1.65. The molecule has 25 heavy (non-hydrogen) atoms. The number of nitrogens with one attached hydrogen (secondary N) is 1.